The van der Waals surface area contributed by atoms with Gasteiger partial charge in [0.15, 0.2) is 0 Å². The smallest absolute Gasteiger partial charge is 0.251 e. The van der Waals surface area contributed by atoms with Crippen LogP contribution in [-0.4, -0.2) is 81.7 Å². The number of aliphatic hydroxyl groups excluding tert-OH is 1. The highest BCUT2D eigenvalue weighted by atomic mass is 32.2. The summed E-state index contributed by atoms with van der Waals surface area (Å²) in [6.45, 7) is 9.17. The maximum Gasteiger partial charge on any atom is 0.251 e. The lowest BCUT2D eigenvalue weighted by molar-refractivity contribution is 0.0482. The number of carbonyl (C=O) groups excluding carboxylic acids is 1. The van der Waals surface area contributed by atoms with Gasteiger partial charge in [-0.25, -0.2) is 13.4 Å². The number of nitrogens with zero attached hydrogens (tertiary/aromatic N) is 2. The molecule has 0 radical (unpaired) electrons. The van der Waals surface area contributed by atoms with Crippen LogP contribution in [-0.2, 0) is 14.8 Å². The molecule has 0 unspecified atom stereocenters. The Balaban J connectivity index is 1.74. The minimum atomic E-state index is -3.65. The van der Waals surface area contributed by atoms with Gasteiger partial charge < -0.3 is 25.8 Å². The van der Waals surface area contributed by atoms with Crippen LogP contribution < -0.4 is 20.3 Å². The third-order valence-electron chi connectivity index (χ3n) is 6.93. The number of amides is 1. The molecule has 0 aliphatic heterocycles. The Hall–Kier alpha value is -2.39. The second-order valence-electron chi connectivity index (χ2n) is 10.5. The number of rotatable bonds is 15. The second kappa shape index (κ2) is 13.6. The van der Waals surface area contributed by atoms with Gasteiger partial charge in [0.1, 0.15) is 11.6 Å². The molecule has 0 bridgehead atoms. The van der Waals surface area contributed by atoms with Gasteiger partial charge in [-0.2, -0.15) is 0 Å². The molecule has 10 nitrogen and oxygen atoms in total. The molecule has 4 atom stereocenters. The number of ether oxygens (including phenoxy) is 1. The molecule has 1 aromatic heterocycles. The first-order chi connectivity index (χ1) is 18.0. The zero-order valence-electron chi connectivity index (χ0n) is 23.2. The van der Waals surface area contributed by atoms with E-state index in [-0.39, 0.29) is 24.5 Å². The van der Waals surface area contributed by atoms with Gasteiger partial charge in [-0.15, -0.1) is 0 Å². The van der Waals surface area contributed by atoms with E-state index in [9.17, 15) is 18.3 Å². The van der Waals surface area contributed by atoms with Crippen molar-refractivity contribution in [3.8, 4) is 11.8 Å². The predicted octanol–water partition coefficient (Wildman–Crippen LogP) is 1.82. The SMILES string of the molecule is CCOC[C@H](NC(=O)c1cc(NC[C@H]2C[C@@H]2C)nc(N(C)S(=O)(=O)C(C)C)c1)[C@H](O)CNCC#CC1CC1. The molecule has 1 amide bonds. The maximum absolute atomic E-state index is 13.3. The summed E-state index contributed by atoms with van der Waals surface area (Å²) in [6, 6.07) is 2.39. The molecule has 212 valence electrons. The van der Waals surface area contributed by atoms with Crippen molar-refractivity contribution in [3.63, 3.8) is 0 Å². The van der Waals surface area contributed by atoms with Gasteiger partial charge in [0.25, 0.3) is 5.91 Å². The fourth-order valence-corrected chi connectivity index (χ4v) is 4.84. The first-order valence-electron chi connectivity index (χ1n) is 13.5. The lowest BCUT2D eigenvalue weighted by Crippen LogP contribution is -2.50. The maximum atomic E-state index is 13.3. The third-order valence-corrected chi connectivity index (χ3v) is 9.07. The van der Waals surface area contributed by atoms with Crippen molar-refractivity contribution in [2.45, 2.75) is 64.4 Å². The van der Waals surface area contributed by atoms with Crippen molar-refractivity contribution in [1.29, 1.82) is 0 Å². The van der Waals surface area contributed by atoms with Gasteiger partial charge in [0.05, 0.1) is 30.5 Å². The first-order valence-corrected chi connectivity index (χ1v) is 15.0. The van der Waals surface area contributed by atoms with E-state index in [1.54, 1.807) is 19.9 Å². The number of anilines is 2. The normalized spacial score (nSPS) is 20.3. The number of hydrogen-bond donors (Lipinski definition) is 4. The third kappa shape index (κ3) is 8.83. The number of pyridine rings is 1. The minimum absolute atomic E-state index is 0.128. The summed E-state index contributed by atoms with van der Waals surface area (Å²) in [4.78, 5) is 17.8. The van der Waals surface area contributed by atoms with Gasteiger partial charge in [0.2, 0.25) is 10.0 Å². The number of aromatic nitrogens is 1. The quantitative estimate of drug-likeness (QED) is 0.192. The monoisotopic (exact) mass is 549 g/mol. The fraction of sp³-hybridized carbons (Fsp3) is 0.704. The Kier molecular flexibility index (Phi) is 10.8. The molecule has 1 aromatic rings. The highest BCUT2D eigenvalue weighted by molar-refractivity contribution is 7.93. The van der Waals surface area contributed by atoms with E-state index in [2.05, 4.69) is 39.7 Å². The standard InChI is InChI=1S/C27H43N5O5S/c1-6-37-17-23(24(33)16-28-11-7-8-20-9-10-20)30-27(34)21-13-25(29-15-22-12-19(22)4)31-26(14-21)32(5)38(35,36)18(2)3/h13-14,18-20,22-24,28,33H,6,9-12,15-17H2,1-5H3,(H,29,31)(H,30,34)/t19-,22+,23-,24+/m0/s1. The zero-order chi connectivity index (χ0) is 27.9. The second-order valence-corrected chi connectivity index (χ2v) is 13.1. The van der Waals surface area contributed by atoms with E-state index < -0.39 is 33.3 Å². The summed E-state index contributed by atoms with van der Waals surface area (Å²) in [5.74, 6) is 8.02. The Morgan fingerprint density at radius 1 is 1.32 bits per heavy atom. The molecule has 2 aliphatic rings. The van der Waals surface area contributed by atoms with Gasteiger partial charge in [-0.3, -0.25) is 9.10 Å². The molecular weight excluding hydrogens is 506 g/mol. The van der Waals surface area contributed by atoms with Crippen molar-refractivity contribution in [1.82, 2.24) is 15.6 Å². The molecule has 0 aromatic carbocycles. The number of carbonyl (C=O) groups is 1. The van der Waals surface area contributed by atoms with Crippen LogP contribution >= 0.6 is 0 Å². The Bertz CT molecular complexity index is 1110. The zero-order valence-corrected chi connectivity index (χ0v) is 24.0. The highest BCUT2D eigenvalue weighted by Gasteiger charge is 2.32. The lowest BCUT2D eigenvalue weighted by Gasteiger charge is -2.25. The molecule has 2 saturated carbocycles. The number of hydrogen-bond acceptors (Lipinski definition) is 8. The number of aliphatic hydroxyl groups is 1. The summed E-state index contributed by atoms with van der Waals surface area (Å²) >= 11 is 0. The summed E-state index contributed by atoms with van der Waals surface area (Å²) in [6.07, 6.45) is 2.53. The first kappa shape index (κ1) is 30.2. The van der Waals surface area contributed by atoms with E-state index in [4.69, 9.17) is 4.74 Å². The van der Waals surface area contributed by atoms with Crippen LogP contribution in [0.2, 0.25) is 0 Å². The summed E-state index contributed by atoms with van der Waals surface area (Å²) in [7, 11) is -2.21. The largest absolute Gasteiger partial charge is 0.390 e. The number of nitrogens with one attached hydrogen (secondary N) is 3. The molecule has 11 heteroatoms. The molecule has 2 fully saturated rings. The van der Waals surface area contributed by atoms with Crippen LogP contribution in [0.3, 0.4) is 0 Å². The molecule has 4 N–H and O–H groups in total. The molecule has 2 aliphatic carbocycles. The Morgan fingerprint density at radius 2 is 2.03 bits per heavy atom. The average Bonchev–Trinajstić information content (AvgIpc) is 3.82. The summed E-state index contributed by atoms with van der Waals surface area (Å²) in [5.41, 5.74) is 0.240. The van der Waals surface area contributed by atoms with Crippen molar-refractivity contribution < 1.29 is 23.1 Å². The van der Waals surface area contributed by atoms with E-state index in [1.165, 1.54) is 13.1 Å². The van der Waals surface area contributed by atoms with E-state index in [0.717, 1.165) is 23.6 Å². The molecule has 1 heterocycles. The van der Waals surface area contributed by atoms with Crippen LogP contribution in [0, 0.1) is 29.6 Å². The van der Waals surface area contributed by atoms with Gasteiger partial charge in [-0.05, 0) is 64.0 Å². The molecule has 0 saturated heterocycles. The topological polar surface area (TPSA) is 133 Å². The predicted molar refractivity (Wildman–Crippen MR) is 150 cm³/mol. The van der Waals surface area contributed by atoms with Gasteiger partial charge in [0, 0.05) is 38.2 Å². The van der Waals surface area contributed by atoms with Crippen LogP contribution in [0.1, 0.15) is 57.3 Å². The number of sulfonamides is 1. The van der Waals surface area contributed by atoms with Crippen molar-refractivity contribution in [3.05, 3.63) is 17.7 Å². The van der Waals surface area contributed by atoms with Crippen LogP contribution in [0.15, 0.2) is 12.1 Å². The highest BCUT2D eigenvalue weighted by Crippen LogP contribution is 2.37. The van der Waals surface area contributed by atoms with E-state index >= 15 is 0 Å². The van der Waals surface area contributed by atoms with Crippen LogP contribution in [0.5, 0.6) is 0 Å². The average molecular weight is 550 g/mol. The van der Waals surface area contributed by atoms with Gasteiger partial charge in [-0.1, -0.05) is 18.8 Å². The van der Waals surface area contributed by atoms with Crippen molar-refractivity contribution >= 4 is 27.6 Å². The summed E-state index contributed by atoms with van der Waals surface area (Å²) < 4.78 is 32.3. The minimum Gasteiger partial charge on any atom is -0.390 e. The Labute approximate surface area is 227 Å². The van der Waals surface area contributed by atoms with Crippen molar-refractivity contribution in [2.24, 2.45) is 17.8 Å². The molecule has 3 rings (SSSR count). The van der Waals surface area contributed by atoms with Crippen LogP contribution in [0.25, 0.3) is 0 Å². The molecular formula is C27H43N5O5S. The van der Waals surface area contributed by atoms with E-state index in [0.29, 0.717) is 43.3 Å². The van der Waals surface area contributed by atoms with E-state index in [1.807, 2.05) is 6.92 Å². The molecule has 0 spiro atoms. The van der Waals surface area contributed by atoms with Crippen LogP contribution in [0.4, 0.5) is 11.6 Å². The van der Waals surface area contributed by atoms with Gasteiger partial charge >= 0.3 is 0 Å². The Morgan fingerprint density at radius 3 is 2.63 bits per heavy atom. The lowest BCUT2D eigenvalue weighted by atomic mass is 10.1. The van der Waals surface area contributed by atoms with Crippen molar-refractivity contribution in [2.75, 3.05) is 49.5 Å². The summed E-state index contributed by atoms with van der Waals surface area (Å²) in [5, 5.41) is 19.4. The molecule has 38 heavy (non-hydrogen) atoms. The fourth-order valence-electron chi connectivity index (χ4n) is 3.86.